The number of carbonyl (C=O) groups is 1. The lowest BCUT2D eigenvalue weighted by molar-refractivity contribution is -0.0412. The molecule has 2 aromatic heterocycles. The fourth-order valence-corrected chi connectivity index (χ4v) is 4.41. The van der Waals surface area contributed by atoms with Crippen LogP contribution in [-0.4, -0.2) is 21.8 Å². The Morgan fingerprint density at radius 2 is 2.17 bits per heavy atom. The highest BCUT2D eigenvalue weighted by molar-refractivity contribution is 6.03. The first kappa shape index (κ1) is 15.2. The van der Waals surface area contributed by atoms with Crippen molar-refractivity contribution in [1.82, 2.24) is 9.97 Å². The molecule has 2 saturated carbocycles. The number of hydrogen-bond donors (Lipinski definition) is 2. The number of amides is 1. The number of halogens is 2. The second-order valence-corrected chi connectivity index (χ2v) is 6.87. The molecule has 0 bridgehead atoms. The Balaban J connectivity index is 1.75. The minimum absolute atomic E-state index is 0.0165. The highest BCUT2D eigenvalue weighted by Gasteiger charge is 2.54. The van der Waals surface area contributed by atoms with Gasteiger partial charge in [-0.05, 0) is 37.2 Å². The zero-order valence-electron chi connectivity index (χ0n) is 12.9. The monoisotopic (exact) mass is 333 g/mol. The van der Waals surface area contributed by atoms with Crippen molar-refractivity contribution in [3.05, 3.63) is 39.9 Å². The topological polar surface area (TPSA) is 88.8 Å². The SMILES string of the molecule is NC(=O)c1nccc2[nH]c([C@H]3C[C@@H]4CCC(F)(F)[C@@H]4C3)cc(=O)c12. The molecule has 0 unspecified atom stereocenters. The Kier molecular flexibility index (Phi) is 3.23. The molecule has 0 saturated heterocycles. The molecule has 2 aliphatic carbocycles. The van der Waals surface area contributed by atoms with Crippen LogP contribution in [0.5, 0.6) is 0 Å². The van der Waals surface area contributed by atoms with Crippen molar-refractivity contribution in [1.29, 1.82) is 0 Å². The first-order valence-electron chi connectivity index (χ1n) is 8.06. The summed E-state index contributed by atoms with van der Waals surface area (Å²) in [6, 6.07) is 3.00. The number of nitrogens with one attached hydrogen (secondary N) is 1. The van der Waals surface area contributed by atoms with Crippen LogP contribution in [0, 0.1) is 11.8 Å². The molecule has 24 heavy (non-hydrogen) atoms. The standard InChI is InChI=1S/C17H17F2N3O2/c18-17(19)3-1-8-5-9(6-10(8)17)12-7-13(23)14-11(22-12)2-4-21-15(14)16(20)24/h2,4,7-10H,1,3,5-6H2,(H2,20,24)(H,22,23)/t8-,9-,10+/m0/s1. The van der Waals surface area contributed by atoms with Crippen LogP contribution in [0.2, 0.25) is 0 Å². The van der Waals surface area contributed by atoms with Crippen molar-refractivity contribution in [2.45, 2.75) is 37.5 Å². The van der Waals surface area contributed by atoms with E-state index in [0.717, 1.165) is 0 Å². The molecule has 7 heteroatoms. The Morgan fingerprint density at radius 1 is 1.38 bits per heavy atom. The van der Waals surface area contributed by atoms with Crippen molar-refractivity contribution >= 4 is 16.8 Å². The van der Waals surface area contributed by atoms with E-state index in [1.54, 1.807) is 6.07 Å². The lowest BCUT2D eigenvalue weighted by Crippen LogP contribution is -2.22. The number of pyridine rings is 2. The first-order valence-corrected chi connectivity index (χ1v) is 8.06. The quantitative estimate of drug-likeness (QED) is 0.885. The van der Waals surface area contributed by atoms with Crippen LogP contribution >= 0.6 is 0 Å². The number of hydrogen-bond acceptors (Lipinski definition) is 3. The molecule has 2 heterocycles. The van der Waals surface area contributed by atoms with E-state index in [4.69, 9.17) is 5.73 Å². The van der Waals surface area contributed by atoms with Gasteiger partial charge >= 0.3 is 0 Å². The molecule has 1 amide bonds. The third-order valence-corrected chi connectivity index (χ3v) is 5.52. The molecule has 3 atom stereocenters. The van der Waals surface area contributed by atoms with Crippen LogP contribution in [-0.2, 0) is 0 Å². The molecule has 5 nitrogen and oxygen atoms in total. The van der Waals surface area contributed by atoms with Crippen molar-refractivity contribution in [3.8, 4) is 0 Å². The number of aromatic nitrogens is 2. The number of carbonyl (C=O) groups excluding carboxylic acids is 1. The van der Waals surface area contributed by atoms with Crippen molar-refractivity contribution < 1.29 is 13.6 Å². The predicted octanol–water partition coefficient (Wildman–Crippen LogP) is 2.56. The van der Waals surface area contributed by atoms with Gasteiger partial charge in [-0.1, -0.05) is 0 Å². The number of rotatable bonds is 2. The van der Waals surface area contributed by atoms with Gasteiger partial charge in [0.05, 0.1) is 10.9 Å². The van der Waals surface area contributed by atoms with E-state index in [0.29, 0.717) is 30.5 Å². The number of fused-ring (bicyclic) bond motifs is 2. The van der Waals surface area contributed by atoms with E-state index in [9.17, 15) is 18.4 Å². The molecule has 0 spiro atoms. The minimum Gasteiger partial charge on any atom is -0.364 e. The number of nitrogens with two attached hydrogens (primary N) is 1. The van der Waals surface area contributed by atoms with Gasteiger partial charge in [-0.2, -0.15) is 0 Å². The van der Waals surface area contributed by atoms with Gasteiger partial charge in [0.1, 0.15) is 5.69 Å². The normalized spacial score (nSPS) is 28.2. The summed E-state index contributed by atoms with van der Waals surface area (Å²) in [5, 5.41) is 0.150. The molecule has 2 aromatic rings. The van der Waals surface area contributed by atoms with Crippen molar-refractivity contribution in [3.63, 3.8) is 0 Å². The summed E-state index contributed by atoms with van der Waals surface area (Å²) in [6.07, 6.45) is 2.96. The lowest BCUT2D eigenvalue weighted by atomic mass is 9.97. The van der Waals surface area contributed by atoms with Gasteiger partial charge in [0.2, 0.25) is 0 Å². The smallest absolute Gasteiger partial charge is 0.268 e. The van der Waals surface area contributed by atoms with Gasteiger partial charge in [-0.25, -0.2) is 8.78 Å². The summed E-state index contributed by atoms with van der Waals surface area (Å²) < 4.78 is 27.9. The van der Waals surface area contributed by atoms with E-state index in [1.165, 1.54) is 12.3 Å². The lowest BCUT2D eigenvalue weighted by Gasteiger charge is -2.18. The average Bonchev–Trinajstić information content (AvgIpc) is 3.07. The summed E-state index contributed by atoms with van der Waals surface area (Å²) >= 11 is 0. The number of alkyl halides is 2. The zero-order valence-corrected chi connectivity index (χ0v) is 12.9. The summed E-state index contributed by atoms with van der Waals surface area (Å²) in [6.45, 7) is 0. The highest BCUT2D eigenvalue weighted by Crippen LogP contribution is 2.56. The molecule has 0 radical (unpaired) electrons. The van der Waals surface area contributed by atoms with Crippen LogP contribution in [0.4, 0.5) is 8.78 Å². The van der Waals surface area contributed by atoms with Crippen molar-refractivity contribution in [2.75, 3.05) is 0 Å². The zero-order chi connectivity index (χ0) is 17.1. The minimum atomic E-state index is -2.60. The first-order chi connectivity index (χ1) is 11.4. The van der Waals surface area contributed by atoms with Crippen molar-refractivity contribution in [2.24, 2.45) is 17.6 Å². The van der Waals surface area contributed by atoms with Gasteiger partial charge in [-0.15, -0.1) is 0 Å². The maximum atomic E-state index is 13.9. The third-order valence-electron chi connectivity index (χ3n) is 5.52. The highest BCUT2D eigenvalue weighted by atomic mass is 19.3. The van der Waals surface area contributed by atoms with Crippen LogP contribution in [0.25, 0.3) is 10.9 Å². The Morgan fingerprint density at radius 3 is 2.88 bits per heavy atom. The molecule has 2 aliphatic rings. The van der Waals surface area contributed by atoms with Crippen LogP contribution in [0.15, 0.2) is 23.1 Å². The molecule has 2 fully saturated rings. The molecular formula is C17H17F2N3O2. The molecule has 0 aliphatic heterocycles. The number of primary amides is 1. The van der Waals surface area contributed by atoms with E-state index in [-0.39, 0.29) is 34.8 Å². The van der Waals surface area contributed by atoms with E-state index < -0.39 is 17.7 Å². The Bertz CT molecular complexity index is 893. The third kappa shape index (κ3) is 2.22. The summed E-state index contributed by atoms with van der Waals surface area (Å²) in [5.74, 6) is -4.04. The predicted molar refractivity (Wildman–Crippen MR) is 84.0 cm³/mol. The fraction of sp³-hybridized carbons (Fsp3) is 0.471. The maximum absolute atomic E-state index is 13.9. The van der Waals surface area contributed by atoms with Crippen LogP contribution in [0.3, 0.4) is 0 Å². The van der Waals surface area contributed by atoms with Gasteiger partial charge < -0.3 is 10.7 Å². The largest absolute Gasteiger partial charge is 0.364 e. The van der Waals surface area contributed by atoms with Gasteiger partial charge in [0, 0.05) is 30.3 Å². The van der Waals surface area contributed by atoms with Gasteiger partial charge in [-0.3, -0.25) is 14.6 Å². The average molecular weight is 333 g/mol. The summed E-state index contributed by atoms with van der Waals surface area (Å²) in [7, 11) is 0. The van der Waals surface area contributed by atoms with Crippen LogP contribution < -0.4 is 11.2 Å². The van der Waals surface area contributed by atoms with E-state index >= 15 is 0 Å². The second-order valence-electron chi connectivity index (χ2n) is 6.87. The van der Waals surface area contributed by atoms with Gasteiger partial charge in [0.15, 0.2) is 5.43 Å². The van der Waals surface area contributed by atoms with E-state index in [2.05, 4.69) is 9.97 Å². The Labute approximate surface area is 136 Å². The van der Waals surface area contributed by atoms with Crippen LogP contribution in [0.1, 0.15) is 47.8 Å². The summed E-state index contributed by atoms with van der Waals surface area (Å²) in [5.41, 5.74) is 5.95. The molecule has 4 rings (SSSR count). The summed E-state index contributed by atoms with van der Waals surface area (Å²) in [4.78, 5) is 30.9. The van der Waals surface area contributed by atoms with Gasteiger partial charge in [0.25, 0.3) is 11.8 Å². The Hall–Kier alpha value is -2.31. The molecule has 3 N–H and O–H groups in total. The number of nitrogens with zero attached hydrogens (tertiary/aromatic N) is 1. The number of aromatic amines is 1. The maximum Gasteiger partial charge on any atom is 0.268 e. The molecule has 0 aromatic carbocycles. The number of H-pyrrole nitrogens is 1. The molecular weight excluding hydrogens is 316 g/mol. The fourth-order valence-electron chi connectivity index (χ4n) is 4.41. The van der Waals surface area contributed by atoms with E-state index in [1.807, 2.05) is 0 Å². The second kappa shape index (κ2) is 5.09. The molecule has 126 valence electrons.